The van der Waals surface area contributed by atoms with Gasteiger partial charge >= 0.3 is 0 Å². The first-order valence-corrected chi connectivity index (χ1v) is 11.6. The highest BCUT2D eigenvalue weighted by Gasteiger charge is 2.19. The van der Waals surface area contributed by atoms with E-state index in [1.807, 2.05) is 60.9 Å². The second-order valence-electron chi connectivity index (χ2n) is 8.36. The summed E-state index contributed by atoms with van der Waals surface area (Å²) in [6.07, 6.45) is 7.52. The van der Waals surface area contributed by atoms with Gasteiger partial charge in [-0.2, -0.15) is 0 Å². The van der Waals surface area contributed by atoms with Gasteiger partial charge < -0.3 is 9.97 Å². The van der Waals surface area contributed by atoms with Crippen molar-refractivity contribution >= 4 is 0 Å². The quantitative estimate of drug-likeness (QED) is 0.294. The summed E-state index contributed by atoms with van der Waals surface area (Å²) >= 11 is 0. The number of rotatable bonds is 6. The molecule has 5 heteroatoms. The van der Waals surface area contributed by atoms with Crippen LogP contribution >= 0.6 is 0 Å². The number of H-pyrrole nitrogens is 2. The van der Waals surface area contributed by atoms with Crippen molar-refractivity contribution in [2.45, 2.75) is 5.92 Å². The Morgan fingerprint density at radius 1 is 0.514 bits per heavy atom. The molecule has 0 aliphatic rings. The van der Waals surface area contributed by atoms with Crippen molar-refractivity contribution < 1.29 is 0 Å². The molecule has 0 saturated heterocycles. The molecule has 2 N–H and O–H groups in total. The lowest BCUT2D eigenvalue weighted by atomic mass is 9.91. The highest BCUT2D eigenvalue weighted by Crippen LogP contribution is 2.33. The van der Waals surface area contributed by atoms with Crippen LogP contribution < -0.4 is 0 Å². The Kier molecular flexibility index (Phi) is 5.49. The minimum atomic E-state index is 0.111. The summed E-state index contributed by atoms with van der Waals surface area (Å²) in [5, 5.41) is 0. The lowest BCUT2D eigenvalue weighted by Gasteiger charge is -2.16. The van der Waals surface area contributed by atoms with E-state index in [0.29, 0.717) is 0 Å². The second-order valence-corrected chi connectivity index (χ2v) is 8.36. The van der Waals surface area contributed by atoms with Gasteiger partial charge in [0.25, 0.3) is 0 Å². The van der Waals surface area contributed by atoms with Crippen LogP contribution in [0.3, 0.4) is 0 Å². The minimum Gasteiger partial charge on any atom is -0.364 e. The summed E-state index contributed by atoms with van der Waals surface area (Å²) in [5.74, 6) is 0.111. The van der Waals surface area contributed by atoms with E-state index < -0.39 is 0 Å². The maximum Gasteiger partial charge on any atom is 0.0900 e. The lowest BCUT2D eigenvalue weighted by molar-refractivity contribution is 0.898. The third-order valence-electron chi connectivity index (χ3n) is 6.12. The van der Waals surface area contributed by atoms with Crippen LogP contribution in [0.25, 0.3) is 33.9 Å². The third kappa shape index (κ3) is 4.27. The van der Waals surface area contributed by atoms with Gasteiger partial charge in [-0.25, -0.2) is 4.98 Å². The molecule has 5 heterocycles. The largest absolute Gasteiger partial charge is 0.364 e. The zero-order chi connectivity index (χ0) is 23.5. The smallest absolute Gasteiger partial charge is 0.0900 e. The van der Waals surface area contributed by atoms with Crippen molar-refractivity contribution in [1.29, 1.82) is 0 Å². The molecule has 0 bridgehead atoms. The van der Waals surface area contributed by atoms with E-state index in [1.54, 1.807) is 12.4 Å². The van der Waals surface area contributed by atoms with Gasteiger partial charge in [-0.15, -0.1) is 0 Å². The molecule has 0 spiro atoms. The van der Waals surface area contributed by atoms with E-state index in [2.05, 4.69) is 68.5 Å². The minimum absolute atomic E-state index is 0.111. The lowest BCUT2D eigenvalue weighted by Crippen LogP contribution is -2.04. The Morgan fingerprint density at radius 2 is 1.09 bits per heavy atom. The van der Waals surface area contributed by atoms with Crippen molar-refractivity contribution in [3.63, 3.8) is 0 Å². The molecule has 35 heavy (non-hydrogen) atoms. The van der Waals surface area contributed by atoms with E-state index in [0.717, 1.165) is 45.3 Å². The molecule has 5 nitrogen and oxygen atoms in total. The van der Waals surface area contributed by atoms with Crippen LogP contribution in [0, 0.1) is 0 Å². The first kappa shape index (κ1) is 20.8. The number of aromatic amines is 2. The fourth-order valence-electron chi connectivity index (χ4n) is 4.43. The van der Waals surface area contributed by atoms with Crippen LogP contribution in [0.15, 0.2) is 122 Å². The molecule has 6 rings (SSSR count). The summed E-state index contributed by atoms with van der Waals surface area (Å²) in [6.45, 7) is 0. The average molecular weight is 454 g/mol. The molecule has 0 atom stereocenters. The van der Waals surface area contributed by atoms with E-state index in [4.69, 9.17) is 4.98 Å². The van der Waals surface area contributed by atoms with E-state index in [9.17, 15) is 0 Å². The summed E-state index contributed by atoms with van der Waals surface area (Å²) in [5.41, 5.74) is 9.02. The molecule has 0 saturated carbocycles. The maximum atomic E-state index is 4.88. The van der Waals surface area contributed by atoms with Crippen LogP contribution in [0.5, 0.6) is 0 Å². The molecule has 5 aromatic heterocycles. The van der Waals surface area contributed by atoms with Gasteiger partial charge in [-0.1, -0.05) is 36.4 Å². The fourth-order valence-corrected chi connectivity index (χ4v) is 4.43. The second kappa shape index (κ2) is 9.23. The Balaban J connectivity index is 1.43. The summed E-state index contributed by atoms with van der Waals surface area (Å²) in [7, 11) is 0. The predicted molar refractivity (Wildman–Crippen MR) is 139 cm³/mol. The van der Waals surface area contributed by atoms with E-state index >= 15 is 0 Å². The van der Waals surface area contributed by atoms with Gasteiger partial charge in [-0.05, 0) is 77.4 Å². The molecule has 1 aromatic carbocycles. The monoisotopic (exact) mass is 453 g/mol. The first-order valence-electron chi connectivity index (χ1n) is 11.6. The van der Waals surface area contributed by atoms with Crippen molar-refractivity contribution in [1.82, 2.24) is 24.9 Å². The Bertz CT molecular complexity index is 1410. The van der Waals surface area contributed by atoms with E-state index in [1.165, 1.54) is 5.56 Å². The predicted octanol–water partition coefficient (Wildman–Crippen LogP) is 6.71. The number of nitrogens with one attached hydrogen (secondary N) is 2. The van der Waals surface area contributed by atoms with Gasteiger partial charge in [0.1, 0.15) is 0 Å². The fraction of sp³-hybridized carbons (Fsp3) is 0.0333. The standard InChI is InChI=1S/C30H23N5/c1-3-15-31-24(7-1)28-19-23(20-29(35-28)25-8-2-4-16-32-25)21-11-13-22(14-12-21)30(26-9-5-17-33-26)27-10-6-18-34-27/h1-20,30,33-34H. The number of hydrogen-bond acceptors (Lipinski definition) is 3. The third-order valence-corrected chi connectivity index (χ3v) is 6.12. The average Bonchev–Trinajstić information content (AvgIpc) is 3.66. The number of hydrogen-bond donors (Lipinski definition) is 2. The number of pyridine rings is 3. The summed E-state index contributed by atoms with van der Waals surface area (Å²) in [6, 6.07) is 33.0. The molecule has 0 amide bonds. The van der Waals surface area contributed by atoms with Crippen LogP contribution in [0.1, 0.15) is 22.9 Å². The van der Waals surface area contributed by atoms with Crippen molar-refractivity contribution in [3.05, 3.63) is 139 Å². The molecule has 6 aromatic rings. The molecular formula is C30H23N5. The van der Waals surface area contributed by atoms with Gasteiger partial charge in [0.2, 0.25) is 0 Å². The highest BCUT2D eigenvalue weighted by atomic mass is 14.8. The first-order chi connectivity index (χ1) is 17.3. The van der Waals surface area contributed by atoms with Gasteiger partial charge in [0, 0.05) is 36.2 Å². The Morgan fingerprint density at radius 3 is 1.54 bits per heavy atom. The van der Waals surface area contributed by atoms with Crippen LogP contribution in [-0.2, 0) is 0 Å². The van der Waals surface area contributed by atoms with E-state index in [-0.39, 0.29) is 5.92 Å². The zero-order valence-corrected chi connectivity index (χ0v) is 19.0. The Hall–Kier alpha value is -4.77. The van der Waals surface area contributed by atoms with Gasteiger partial charge in [0.15, 0.2) is 0 Å². The summed E-state index contributed by atoms with van der Waals surface area (Å²) < 4.78 is 0. The highest BCUT2D eigenvalue weighted by molar-refractivity contribution is 5.74. The zero-order valence-electron chi connectivity index (χ0n) is 19.0. The van der Waals surface area contributed by atoms with Gasteiger partial charge in [-0.3, -0.25) is 9.97 Å². The molecule has 168 valence electrons. The Labute approximate surface area is 203 Å². The molecule has 0 unspecified atom stereocenters. The maximum absolute atomic E-state index is 4.88. The number of aromatic nitrogens is 5. The van der Waals surface area contributed by atoms with Crippen molar-refractivity contribution in [2.75, 3.05) is 0 Å². The molecule has 0 aliphatic heterocycles. The molecule has 0 radical (unpaired) electrons. The molecule has 0 fully saturated rings. The topological polar surface area (TPSA) is 70.2 Å². The van der Waals surface area contributed by atoms with Crippen molar-refractivity contribution in [3.8, 4) is 33.9 Å². The van der Waals surface area contributed by atoms with Crippen molar-refractivity contribution in [2.24, 2.45) is 0 Å². The molecular weight excluding hydrogens is 430 g/mol. The van der Waals surface area contributed by atoms with Crippen LogP contribution in [0.2, 0.25) is 0 Å². The SMILES string of the molecule is c1ccc(-c2cc(-c3ccc(C(c4ccc[nH]4)c4ccc[nH]4)cc3)cc(-c3ccccn3)n2)nc1. The number of nitrogens with zero attached hydrogens (tertiary/aromatic N) is 3. The van der Waals surface area contributed by atoms with Crippen LogP contribution in [-0.4, -0.2) is 24.9 Å². The molecule has 0 aliphatic carbocycles. The summed E-state index contributed by atoms with van der Waals surface area (Å²) in [4.78, 5) is 20.7. The normalized spacial score (nSPS) is 11.1. The number of benzene rings is 1. The van der Waals surface area contributed by atoms with Crippen LogP contribution in [0.4, 0.5) is 0 Å². The van der Waals surface area contributed by atoms with Gasteiger partial charge in [0.05, 0.1) is 28.7 Å².